The van der Waals surface area contributed by atoms with Gasteiger partial charge in [0.1, 0.15) is 11.0 Å². The molecule has 1 amide bonds. The van der Waals surface area contributed by atoms with E-state index < -0.39 is 15.1 Å². The van der Waals surface area contributed by atoms with Crippen LogP contribution in [0.4, 0.5) is 0 Å². The maximum Gasteiger partial charge on any atom is 0.253 e. The SMILES string of the molecule is COc1ccc(S(=O)(=O)C2CN(C(=O)c3cccc(I)c3)C2)cc1. The maximum absolute atomic E-state index is 12.6. The van der Waals surface area contributed by atoms with Gasteiger partial charge in [-0.1, -0.05) is 6.07 Å². The number of methoxy groups -OCH3 is 1. The van der Waals surface area contributed by atoms with Crippen molar-refractivity contribution >= 4 is 38.3 Å². The molecule has 24 heavy (non-hydrogen) atoms. The third-order valence-corrected chi connectivity index (χ3v) is 6.81. The van der Waals surface area contributed by atoms with Crippen molar-refractivity contribution in [2.45, 2.75) is 10.1 Å². The third-order valence-electron chi connectivity index (χ3n) is 4.03. The maximum atomic E-state index is 12.6. The molecule has 1 aliphatic rings. The van der Waals surface area contributed by atoms with E-state index in [0.29, 0.717) is 11.3 Å². The highest BCUT2D eigenvalue weighted by Crippen LogP contribution is 2.26. The minimum absolute atomic E-state index is 0.130. The molecular weight excluding hydrogens is 441 g/mol. The second-order valence-corrected chi connectivity index (χ2v) is 9.04. The van der Waals surface area contributed by atoms with Crippen molar-refractivity contribution in [1.82, 2.24) is 4.90 Å². The van der Waals surface area contributed by atoms with Crippen molar-refractivity contribution in [1.29, 1.82) is 0 Å². The number of benzene rings is 2. The van der Waals surface area contributed by atoms with Crippen LogP contribution in [0.25, 0.3) is 0 Å². The summed E-state index contributed by atoms with van der Waals surface area (Å²) in [6, 6.07) is 13.6. The van der Waals surface area contributed by atoms with Crippen LogP contribution in [0.15, 0.2) is 53.4 Å². The lowest BCUT2D eigenvalue weighted by Gasteiger charge is -2.38. The Hall–Kier alpha value is -1.61. The summed E-state index contributed by atoms with van der Waals surface area (Å²) in [5.41, 5.74) is 0.585. The lowest BCUT2D eigenvalue weighted by molar-refractivity contribution is 0.0659. The van der Waals surface area contributed by atoms with Gasteiger partial charge in [-0.25, -0.2) is 8.42 Å². The van der Waals surface area contributed by atoms with Crippen molar-refractivity contribution in [3.8, 4) is 5.75 Å². The number of amides is 1. The van der Waals surface area contributed by atoms with E-state index in [4.69, 9.17) is 4.74 Å². The molecule has 1 fully saturated rings. The molecular formula is C17H16INO4S. The van der Waals surface area contributed by atoms with Crippen molar-refractivity contribution in [3.63, 3.8) is 0 Å². The summed E-state index contributed by atoms with van der Waals surface area (Å²) in [4.78, 5) is 14.2. The first-order valence-electron chi connectivity index (χ1n) is 7.34. The third kappa shape index (κ3) is 3.27. The summed E-state index contributed by atoms with van der Waals surface area (Å²) in [6.07, 6.45) is 0. The van der Waals surface area contributed by atoms with Crippen LogP contribution in [-0.2, 0) is 9.84 Å². The highest BCUT2D eigenvalue weighted by Gasteiger charge is 2.40. The van der Waals surface area contributed by atoms with Crippen molar-refractivity contribution < 1.29 is 17.9 Å². The van der Waals surface area contributed by atoms with E-state index in [1.807, 2.05) is 12.1 Å². The molecule has 0 N–H and O–H groups in total. The van der Waals surface area contributed by atoms with Gasteiger partial charge in [-0.3, -0.25) is 4.79 Å². The van der Waals surface area contributed by atoms with Gasteiger partial charge in [0.25, 0.3) is 5.91 Å². The highest BCUT2D eigenvalue weighted by molar-refractivity contribution is 14.1. The zero-order valence-electron chi connectivity index (χ0n) is 13.0. The predicted octanol–water partition coefficient (Wildman–Crippen LogP) is 2.60. The summed E-state index contributed by atoms with van der Waals surface area (Å²) in [6.45, 7) is 0.442. The van der Waals surface area contributed by atoms with Crippen molar-refractivity contribution in [2.75, 3.05) is 20.2 Å². The molecule has 2 aromatic rings. The minimum Gasteiger partial charge on any atom is -0.497 e. The molecule has 1 aliphatic heterocycles. The monoisotopic (exact) mass is 457 g/mol. The molecule has 2 aromatic carbocycles. The number of ether oxygens (including phenoxy) is 1. The number of hydrogen-bond acceptors (Lipinski definition) is 4. The normalized spacial score (nSPS) is 15.0. The van der Waals surface area contributed by atoms with Crippen molar-refractivity contribution in [3.05, 3.63) is 57.7 Å². The molecule has 0 spiro atoms. The molecule has 0 aromatic heterocycles. The Morgan fingerprint density at radius 2 is 1.83 bits per heavy atom. The van der Waals surface area contributed by atoms with Crippen LogP contribution >= 0.6 is 22.6 Å². The number of halogens is 1. The zero-order chi connectivity index (χ0) is 17.3. The van der Waals surface area contributed by atoms with Gasteiger partial charge in [0.15, 0.2) is 9.84 Å². The van der Waals surface area contributed by atoms with Crippen LogP contribution in [0, 0.1) is 3.57 Å². The fraction of sp³-hybridized carbons (Fsp3) is 0.235. The van der Waals surface area contributed by atoms with Crippen LogP contribution < -0.4 is 4.74 Å². The number of carbonyl (C=O) groups is 1. The summed E-state index contributed by atoms with van der Waals surface area (Å²) < 4.78 is 31.2. The fourth-order valence-electron chi connectivity index (χ4n) is 2.56. The Labute approximate surface area is 154 Å². The quantitative estimate of drug-likeness (QED) is 0.663. The molecule has 3 rings (SSSR count). The van der Waals surface area contributed by atoms with Crippen LogP contribution in [0.5, 0.6) is 5.75 Å². The van der Waals surface area contributed by atoms with Gasteiger partial charge in [-0.05, 0) is 65.1 Å². The fourth-order valence-corrected chi connectivity index (χ4v) is 4.76. The standard InChI is InChI=1S/C17H16INO4S/c1-23-14-5-7-15(8-6-14)24(21,22)16-10-19(11-16)17(20)12-3-2-4-13(18)9-12/h2-9,16H,10-11H2,1H3. The van der Waals surface area contributed by atoms with E-state index >= 15 is 0 Å². The number of nitrogens with zero attached hydrogens (tertiary/aromatic N) is 1. The smallest absolute Gasteiger partial charge is 0.253 e. The second kappa shape index (κ2) is 6.72. The molecule has 5 nitrogen and oxygen atoms in total. The molecule has 0 radical (unpaired) electrons. The number of likely N-dealkylation sites (tertiary alicyclic amines) is 1. The van der Waals surface area contributed by atoms with Gasteiger partial charge in [0.2, 0.25) is 0 Å². The summed E-state index contributed by atoms with van der Waals surface area (Å²) in [7, 11) is -1.90. The molecule has 0 atom stereocenters. The Morgan fingerprint density at radius 1 is 1.17 bits per heavy atom. The van der Waals surface area contributed by atoms with E-state index in [-0.39, 0.29) is 23.9 Å². The first kappa shape index (κ1) is 17.2. The van der Waals surface area contributed by atoms with Crippen molar-refractivity contribution in [2.24, 2.45) is 0 Å². The predicted molar refractivity (Wildman–Crippen MR) is 99.0 cm³/mol. The molecule has 0 unspecified atom stereocenters. The average molecular weight is 457 g/mol. The van der Waals surface area contributed by atoms with Gasteiger partial charge in [-0.2, -0.15) is 0 Å². The average Bonchev–Trinajstić information content (AvgIpc) is 2.53. The highest BCUT2D eigenvalue weighted by atomic mass is 127. The van der Waals surface area contributed by atoms with Gasteiger partial charge in [0.05, 0.1) is 12.0 Å². The van der Waals surface area contributed by atoms with E-state index in [1.54, 1.807) is 29.2 Å². The van der Waals surface area contributed by atoms with Gasteiger partial charge >= 0.3 is 0 Å². The van der Waals surface area contributed by atoms with Crippen LogP contribution in [0.2, 0.25) is 0 Å². The Morgan fingerprint density at radius 3 is 2.42 bits per heavy atom. The topological polar surface area (TPSA) is 63.7 Å². The van der Waals surface area contributed by atoms with Crippen LogP contribution in [-0.4, -0.2) is 44.7 Å². The minimum atomic E-state index is -3.43. The Balaban J connectivity index is 1.69. The zero-order valence-corrected chi connectivity index (χ0v) is 16.0. The van der Waals surface area contributed by atoms with E-state index in [0.717, 1.165) is 3.57 Å². The molecule has 0 aliphatic carbocycles. The number of hydrogen-bond donors (Lipinski definition) is 0. The Kier molecular flexibility index (Phi) is 4.82. The van der Waals surface area contributed by atoms with Gasteiger partial charge in [-0.15, -0.1) is 0 Å². The second-order valence-electron chi connectivity index (χ2n) is 5.56. The van der Waals surface area contributed by atoms with E-state index in [9.17, 15) is 13.2 Å². The molecule has 0 saturated carbocycles. The largest absolute Gasteiger partial charge is 0.497 e. The number of carbonyl (C=O) groups excluding carboxylic acids is 1. The molecule has 0 bridgehead atoms. The molecule has 7 heteroatoms. The van der Waals surface area contributed by atoms with E-state index in [2.05, 4.69) is 22.6 Å². The van der Waals surface area contributed by atoms with Crippen LogP contribution in [0.1, 0.15) is 10.4 Å². The van der Waals surface area contributed by atoms with E-state index in [1.165, 1.54) is 19.2 Å². The molecule has 126 valence electrons. The number of rotatable bonds is 4. The van der Waals surface area contributed by atoms with Gasteiger partial charge < -0.3 is 9.64 Å². The van der Waals surface area contributed by atoms with Crippen LogP contribution in [0.3, 0.4) is 0 Å². The molecule has 1 heterocycles. The summed E-state index contributed by atoms with van der Waals surface area (Å²) in [5, 5.41) is -0.558. The lowest BCUT2D eigenvalue weighted by atomic mass is 10.1. The summed E-state index contributed by atoms with van der Waals surface area (Å²) in [5.74, 6) is 0.479. The first-order chi connectivity index (χ1) is 11.4. The summed E-state index contributed by atoms with van der Waals surface area (Å²) >= 11 is 2.15. The Bertz CT molecular complexity index is 858. The first-order valence-corrected chi connectivity index (χ1v) is 9.97. The molecule has 1 saturated heterocycles. The number of sulfone groups is 1. The van der Waals surface area contributed by atoms with Gasteiger partial charge in [0, 0.05) is 22.2 Å². The lowest BCUT2D eigenvalue weighted by Crippen LogP contribution is -2.56.